The molecule has 4 amide bonds. The summed E-state index contributed by atoms with van der Waals surface area (Å²) in [4.78, 5) is 61.8. The molecule has 0 saturated carbocycles. The summed E-state index contributed by atoms with van der Waals surface area (Å²) >= 11 is 3.93. The summed E-state index contributed by atoms with van der Waals surface area (Å²) in [7, 11) is 0. The van der Waals surface area contributed by atoms with Gasteiger partial charge in [0.15, 0.2) is 0 Å². The summed E-state index contributed by atoms with van der Waals surface area (Å²) < 4.78 is 0. The van der Waals surface area contributed by atoms with Crippen LogP contribution in [0.15, 0.2) is 0 Å². The highest BCUT2D eigenvalue weighted by molar-refractivity contribution is 7.80. The molecule has 1 saturated heterocycles. The molecule has 1 rings (SSSR count). The molecule has 0 aromatic rings. The molecule has 1 aliphatic heterocycles. The molecule has 30 heavy (non-hydrogen) atoms. The maximum Gasteiger partial charge on any atom is 0.326 e. The van der Waals surface area contributed by atoms with Gasteiger partial charge >= 0.3 is 5.97 Å². The molecular weight excluding hydrogens is 414 g/mol. The molecule has 1 fully saturated rings. The van der Waals surface area contributed by atoms with Crippen molar-refractivity contribution in [2.45, 2.75) is 63.7 Å². The predicted octanol–water partition coefficient (Wildman–Crippen LogP) is -1.79. The number of carboxylic acids is 1. The number of carbonyl (C=O) groups excluding carboxylic acids is 4. The molecule has 7 N–H and O–H groups in total. The van der Waals surface area contributed by atoms with Gasteiger partial charge in [0, 0.05) is 12.3 Å². The van der Waals surface area contributed by atoms with Crippen LogP contribution in [0.25, 0.3) is 0 Å². The molecule has 4 unspecified atom stereocenters. The van der Waals surface area contributed by atoms with Crippen molar-refractivity contribution in [2.24, 2.45) is 17.4 Å². The van der Waals surface area contributed by atoms with Crippen LogP contribution in [0.3, 0.4) is 0 Å². The van der Waals surface area contributed by atoms with Crippen LogP contribution in [-0.2, 0) is 24.0 Å². The number of amides is 4. The Bertz CT molecular complexity index is 673. The number of rotatable bonds is 11. The number of carbonyl (C=O) groups is 5. The number of hydrogen-bond acceptors (Lipinski definition) is 7. The lowest BCUT2D eigenvalue weighted by molar-refractivity contribution is -0.145. The molecular formula is C18H31N5O6S. The van der Waals surface area contributed by atoms with Gasteiger partial charge in [-0.3, -0.25) is 19.2 Å². The Hall–Kier alpha value is -2.34. The quantitative estimate of drug-likeness (QED) is 0.203. The number of primary amides is 1. The average Bonchev–Trinajstić information content (AvgIpc) is 3.14. The summed E-state index contributed by atoms with van der Waals surface area (Å²) in [6.07, 6.45) is 0.627. The van der Waals surface area contributed by atoms with Crippen LogP contribution in [0.1, 0.15) is 39.5 Å². The molecule has 1 heterocycles. The fourth-order valence-corrected chi connectivity index (χ4v) is 3.39. The summed E-state index contributed by atoms with van der Waals surface area (Å²) in [6, 6.07) is -4.25. The molecule has 1 aliphatic rings. The number of aliphatic carboxylic acids is 1. The maximum atomic E-state index is 13.0. The van der Waals surface area contributed by atoms with Gasteiger partial charge < -0.3 is 32.1 Å². The Morgan fingerprint density at radius 2 is 1.80 bits per heavy atom. The second-order valence-electron chi connectivity index (χ2n) is 7.74. The van der Waals surface area contributed by atoms with Crippen LogP contribution in [0, 0.1) is 5.92 Å². The fraction of sp³-hybridized carbons (Fsp3) is 0.722. The van der Waals surface area contributed by atoms with Crippen LogP contribution in [0.4, 0.5) is 0 Å². The maximum absolute atomic E-state index is 13.0. The van der Waals surface area contributed by atoms with Crippen molar-refractivity contribution < 1.29 is 29.1 Å². The van der Waals surface area contributed by atoms with Gasteiger partial charge in [0.2, 0.25) is 23.6 Å². The first kappa shape index (κ1) is 25.7. The van der Waals surface area contributed by atoms with E-state index in [9.17, 15) is 29.1 Å². The average molecular weight is 446 g/mol. The lowest BCUT2D eigenvalue weighted by Crippen LogP contribution is -2.57. The number of nitrogens with one attached hydrogen (secondary N) is 2. The minimum atomic E-state index is -1.28. The third-order valence-electron chi connectivity index (χ3n) is 4.71. The zero-order valence-corrected chi connectivity index (χ0v) is 18.1. The summed E-state index contributed by atoms with van der Waals surface area (Å²) in [5.74, 6) is -3.81. The van der Waals surface area contributed by atoms with E-state index in [1.807, 2.05) is 13.8 Å². The standard InChI is InChI=1S/C18H31N5O6S/c1-9(2)6-12(18(28)29)22-16(26)13-4-3-5-23(13)17(27)11(7-14(20)24)21-15(25)10(19)8-30/h9-13,30H,3-8,19H2,1-2H3,(H2,20,24)(H,21,25)(H,22,26)(H,28,29). The van der Waals surface area contributed by atoms with Crippen LogP contribution in [-0.4, -0.2) is 76.1 Å². The highest BCUT2D eigenvalue weighted by Gasteiger charge is 2.39. The van der Waals surface area contributed by atoms with Crippen LogP contribution < -0.4 is 22.1 Å². The molecule has 0 spiro atoms. The minimum Gasteiger partial charge on any atom is -0.480 e. The minimum absolute atomic E-state index is 0.0322. The zero-order chi connectivity index (χ0) is 23.0. The number of thiol groups is 1. The first-order chi connectivity index (χ1) is 14.0. The molecule has 11 nitrogen and oxygen atoms in total. The summed E-state index contributed by atoms with van der Waals surface area (Å²) in [6.45, 7) is 3.89. The third-order valence-corrected chi connectivity index (χ3v) is 5.11. The van der Waals surface area contributed by atoms with Crippen molar-refractivity contribution >= 4 is 42.2 Å². The second-order valence-corrected chi connectivity index (χ2v) is 8.10. The number of nitrogens with zero attached hydrogens (tertiary/aromatic N) is 1. The van der Waals surface area contributed by atoms with E-state index < -0.39 is 60.2 Å². The molecule has 12 heteroatoms. The number of likely N-dealkylation sites (tertiary alicyclic amines) is 1. The lowest BCUT2D eigenvalue weighted by atomic mass is 10.0. The van der Waals surface area contributed by atoms with Crippen LogP contribution >= 0.6 is 12.6 Å². The normalized spacial score (nSPS) is 19.1. The van der Waals surface area contributed by atoms with Gasteiger partial charge in [0.1, 0.15) is 18.1 Å². The SMILES string of the molecule is CC(C)CC(NC(=O)C1CCCN1C(=O)C(CC(N)=O)NC(=O)C(N)CS)C(=O)O. The zero-order valence-electron chi connectivity index (χ0n) is 17.2. The predicted molar refractivity (Wildman–Crippen MR) is 111 cm³/mol. The van der Waals surface area contributed by atoms with Gasteiger partial charge in [-0.25, -0.2) is 4.79 Å². The van der Waals surface area contributed by atoms with Crippen molar-refractivity contribution in [1.82, 2.24) is 15.5 Å². The first-order valence-electron chi connectivity index (χ1n) is 9.76. The Morgan fingerprint density at radius 1 is 1.17 bits per heavy atom. The largest absolute Gasteiger partial charge is 0.480 e. The molecule has 0 aromatic carbocycles. The van der Waals surface area contributed by atoms with E-state index in [1.54, 1.807) is 0 Å². The summed E-state index contributed by atoms with van der Waals surface area (Å²) in [5.41, 5.74) is 10.8. The van der Waals surface area contributed by atoms with Gasteiger partial charge in [-0.2, -0.15) is 12.6 Å². The topological polar surface area (TPSA) is 185 Å². The number of hydrogen-bond donors (Lipinski definition) is 6. The highest BCUT2D eigenvalue weighted by Crippen LogP contribution is 2.20. The number of nitrogens with two attached hydrogens (primary N) is 2. The highest BCUT2D eigenvalue weighted by atomic mass is 32.1. The molecule has 0 radical (unpaired) electrons. The van der Waals surface area contributed by atoms with Crippen LogP contribution in [0.5, 0.6) is 0 Å². The van der Waals surface area contributed by atoms with Gasteiger partial charge in [0.05, 0.1) is 12.5 Å². The molecule has 170 valence electrons. The van der Waals surface area contributed by atoms with E-state index in [4.69, 9.17) is 11.5 Å². The molecule has 0 aliphatic carbocycles. The molecule has 4 atom stereocenters. The Labute approximate surface area is 180 Å². The lowest BCUT2D eigenvalue weighted by Gasteiger charge is -2.29. The van der Waals surface area contributed by atoms with Crippen molar-refractivity contribution in [3.05, 3.63) is 0 Å². The Balaban J connectivity index is 2.95. The van der Waals surface area contributed by atoms with Crippen LogP contribution in [0.2, 0.25) is 0 Å². The van der Waals surface area contributed by atoms with Gasteiger partial charge in [-0.15, -0.1) is 0 Å². The van der Waals surface area contributed by atoms with Crippen molar-refractivity contribution in [2.75, 3.05) is 12.3 Å². The smallest absolute Gasteiger partial charge is 0.326 e. The Kier molecular flexibility index (Phi) is 10.1. The van der Waals surface area contributed by atoms with E-state index in [-0.39, 0.29) is 24.6 Å². The second kappa shape index (κ2) is 11.7. The van der Waals surface area contributed by atoms with Gasteiger partial charge in [-0.1, -0.05) is 13.8 Å². The van der Waals surface area contributed by atoms with Gasteiger partial charge in [-0.05, 0) is 25.2 Å². The summed E-state index contributed by atoms with van der Waals surface area (Å²) in [5, 5.41) is 14.2. The Morgan fingerprint density at radius 3 is 2.30 bits per heavy atom. The van der Waals surface area contributed by atoms with Crippen molar-refractivity contribution in [1.29, 1.82) is 0 Å². The van der Waals surface area contributed by atoms with E-state index in [2.05, 4.69) is 23.3 Å². The van der Waals surface area contributed by atoms with Crippen molar-refractivity contribution in [3.8, 4) is 0 Å². The van der Waals surface area contributed by atoms with E-state index in [1.165, 1.54) is 4.90 Å². The molecule has 0 aromatic heterocycles. The molecule has 0 bridgehead atoms. The first-order valence-corrected chi connectivity index (χ1v) is 10.4. The van der Waals surface area contributed by atoms with Gasteiger partial charge in [0.25, 0.3) is 0 Å². The van der Waals surface area contributed by atoms with E-state index in [0.29, 0.717) is 12.8 Å². The number of carboxylic acid groups (broad SMARTS) is 1. The van der Waals surface area contributed by atoms with E-state index in [0.717, 1.165) is 0 Å². The third kappa shape index (κ3) is 7.48. The fourth-order valence-electron chi connectivity index (χ4n) is 3.23. The monoisotopic (exact) mass is 445 g/mol. The van der Waals surface area contributed by atoms with Crippen molar-refractivity contribution in [3.63, 3.8) is 0 Å². The van der Waals surface area contributed by atoms with E-state index >= 15 is 0 Å².